The van der Waals surface area contributed by atoms with Crippen molar-refractivity contribution in [3.63, 3.8) is 0 Å². The first kappa shape index (κ1) is 12.9. The van der Waals surface area contributed by atoms with Crippen LogP contribution in [0.1, 0.15) is 11.6 Å². The molecule has 3 nitrogen and oxygen atoms in total. The second-order valence-corrected chi connectivity index (χ2v) is 3.37. The summed E-state index contributed by atoms with van der Waals surface area (Å²) < 4.78 is 26.2. The summed E-state index contributed by atoms with van der Waals surface area (Å²) in [6.07, 6.45) is 0. The van der Waals surface area contributed by atoms with Crippen LogP contribution in [-0.2, 0) is 4.79 Å². The molecule has 0 aliphatic carbocycles. The van der Waals surface area contributed by atoms with Gasteiger partial charge in [0.2, 0.25) is 5.91 Å². The van der Waals surface area contributed by atoms with E-state index in [1.165, 1.54) is 0 Å². The number of amides is 1. The Labute approximate surface area is 96.0 Å². The second kappa shape index (κ2) is 5.77. The zero-order chi connectivity index (χ0) is 12.1. The van der Waals surface area contributed by atoms with Gasteiger partial charge in [0.15, 0.2) is 0 Å². The summed E-state index contributed by atoms with van der Waals surface area (Å²) in [4.78, 5) is 11.0. The fourth-order valence-electron chi connectivity index (χ4n) is 1.24. The highest BCUT2D eigenvalue weighted by Crippen LogP contribution is 2.18. The predicted octanol–water partition coefficient (Wildman–Crippen LogP) is 1.35. The maximum absolute atomic E-state index is 13.3. The van der Waals surface area contributed by atoms with E-state index in [0.29, 0.717) is 0 Å². The quantitative estimate of drug-likeness (QED) is 0.792. The van der Waals surface area contributed by atoms with Crippen LogP contribution in [0.4, 0.5) is 8.78 Å². The summed E-state index contributed by atoms with van der Waals surface area (Å²) in [7, 11) is 0. The molecule has 6 heteroatoms. The van der Waals surface area contributed by atoms with E-state index in [1.807, 2.05) is 0 Å². The number of alkyl halides is 1. The molecule has 1 unspecified atom stereocenters. The number of benzene rings is 1. The van der Waals surface area contributed by atoms with E-state index in [2.05, 4.69) is 5.32 Å². The zero-order valence-electron chi connectivity index (χ0n) is 8.21. The predicted molar refractivity (Wildman–Crippen MR) is 55.0 cm³/mol. The molecule has 0 spiro atoms. The molecular formula is C10H10ClF2NO2. The number of hydrogen-bond donors (Lipinski definition) is 2. The Kier molecular flexibility index (Phi) is 4.64. The Morgan fingerprint density at radius 3 is 2.75 bits per heavy atom. The smallest absolute Gasteiger partial charge is 0.235 e. The molecule has 0 fully saturated rings. The van der Waals surface area contributed by atoms with Gasteiger partial charge in [0.1, 0.15) is 17.5 Å². The van der Waals surface area contributed by atoms with E-state index in [1.54, 1.807) is 0 Å². The van der Waals surface area contributed by atoms with E-state index in [0.717, 1.165) is 18.2 Å². The molecule has 1 aromatic rings. The lowest BCUT2D eigenvalue weighted by molar-refractivity contribution is -0.119. The van der Waals surface area contributed by atoms with Crippen LogP contribution in [0, 0.1) is 11.6 Å². The van der Waals surface area contributed by atoms with Crippen molar-refractivity contribution < 1.29 is 18.7 Å². The molecular weight excluding hydrogens is 240 g/mol. The van der Waals surface area contributed by atoms with Gasteiger partial charge >= 0.3 is 0 Å². The van der Waals surface area contributed by atoms with Crippen LogP contribution in [0.15, 0.2) is 18.2 Å². The van der Waals surface area contributed by atoms with Crippen LogP contribution < -0.4 is 5.32 Å². The average molecular weight is 250 g/mol. The molecule has 0 radical (unpaired) electrons. The second-order valence-electron chi connectivity index (χ2n) is 3.10. The fraction of sp³-hybridized carbons (Fsp3) is 0.300. The molecule has 0 heterocycles. The lowest BCUT2D eigenvalue weighted by atomic mass is 10.1. The number of aliphatic hydroxyl groups excluding tert-OH is 1. The average Bonchev–Trinajstić information content (AvgIpc) is 2.29. The third kappa shape index (κ3) is 3.15. The van der Waals surface area contributed by atoms with E-state index >= 15 is 0 Å². The maximum Gasteiger partial charge on any atom is 0.235 e. The fourth-order valence-corrected chi connectivity index (χ4v) is 1.31. The van der Waals surface area contributed by atoms with Crippen LogP contribution >= 0.6 is 11.6 Å². The van der Waals surface area contributed by atoms with Gasteiger partial charge in [0.25, 0.3) is 0 Å². The highest BCUT2D eigenvalue weighted by molar-refractivity contribution is 6.27. The van der Waals surface area contributed by atoms with Crippen molar-refractivity contribution in [2.75, 3.05) is 12.5 Å². The standard InChI is InChI=1S/C10H10ClF2NO2/c11-4-10(16)14-9(5-15)7-3-6(12)1-2-8(7)13/h1-3,9,15H,4-5H2,(H,14,16). The molecule has 0 aromatic heterocycles. The van der Waals surface area contributed by atoms with Crippen molar-refractivity contribution in [3.05, 3.63) is 35.4 Å². The van der Waals surface area contributed by atoms with Crippen molar-refractivity contribution in [1.29, 1.82) is 0 Å². The van der Waals surface area contributed by atoms with Gasteiger partial charge in [0.05, 0.1) is 12.6 Å². The summed E-state index contributed by atoms with van der Waals surface area (Å²) in [5, 5.41) is 11.3. The van der Waals surface area contributed by atoms with Crippen LogP contribution in [-0.4, -0.2) is 23.5 Å². The van der Waals surface area contributed by atoms with Crippen LogP contribution in [0.25, 0.3) is 0 Å². The van der Waals surface area contributed by atoms with Gasteiger partial charge in [-0.3, -0.25) is 4.79 Å². The minimum absolute atomic E-state index is 0.110. The summed E-state index contributed by atoms with van der Waals surface area (Å²) in [5.74, 6) is -2.22. The number of carbonyl (C=O) groups excluding carboxylic acids is 1. The summed E-state index contributed by atoms with van der Waals surface area (Å²) in [6.45, 7) is -0.539. The van der Waals surface area contributed by atoms with E-state index in [9.17, 15) is 13.6 Å². The Bertz CT molecular complexity index is 387. The van der Waals surface area contributed by atoms with Crippen LogP contribution in [0.5, 0.6) is 0 Å². The van der Waals surface area contributed by atoms with E-state index < -0.39 is 30.2 Å². The highest BCUT2D eigenvalue weighted by Gasteiger charge is 2.17. The summed E-state index contributed by atoms with van der Waals surface area (Å²) in [5.41, 5.74) is -0.110. The first-order chi connectivity index (χ1) is 7.58. The Balaban J connectivity index is 2.94. The molecule has 16 heavy (non-hydrogen) atoms. The topological polar surface area (TPSA) is 49.3 Å². The number of hydrogen-bond acceptors (Lipinski definition) is 2. The van der Waals surface area contributed by atoms with Gasteiger partial charge in [-0.15, -0.1) is 11.6 Å². The number of nitrogens with one attached hydrogen (secondary N) is 1. The summed E-state index contributed by atoms with van der Waals surface area (Å²) in [6, 6.07) is 1.81. The lowest BCUT2D eigenvalue weighted by Crippen LogP contribution is -2.32. The highest BCUT2D eigenvalue weighted by atomic mass is 35.5. The monoisotopic (exact) mass is 249 g/mol. The number of aliphatic hydroxyl groups is 1. The number of halogens is 3. The molecule has 0 aliphatic heterocycles. The van der Waals surface area contributed by atoms with Crippen LogP contribution in [0.3, 0.4) is 0 Å². The first-order valence-electron chi connectivity index (χ1n) is 4.49. The Morgan fingerprint density at radius 1 is 1.50 bits per heavy atom. The normalized spacial score (nSPS) is 12.2. The third-order valence-electron chi connectivity index (χ3n) is 1.97. The lowest BCUT2D eigenvalue weighted by Gasteiger charge is -2.16. The molecule has 88 valence electrons. The molecule has 1 atom stereocenters. The maximum atomic E-state index is 13.3. The van der Waals surface area contributed by atoms with Crippen molar-refractivity contribution in [2.24, 2.45) is 0 Å². The summed E-state index contributed by atoms with van der Waals surface area (Å²) >= 11 is 5.25. The Hall–Kier alpha value is -1.20. The van der Waals surface area contributed by atoms with Gasteiger partial charge < -0.3 is 10.4 Å². The Morgan fingerprint density at radius 2 is 2.19 bits per heavy atom. The molecule has 2 N–H and O–H groups in total. The van der Waals surface area contributed by atoms with Crippen molar-refractivity contribution in [3.8, 4) is 0 Å². The minimum Gasteiger partial charge on any atom is -0.394 e. The van der Waals surface area contributed by atoms with Gasteiger partial charge in [-0.2, -0.15) is 0 Å². The SMILES string of the molecule is O=C(CCl)NC(CO)c1cc(F)ccc1F. The van der Waals surface area contributed by atoms with Gasteiger partial charge in [-0.25, -0.2) is 8.78 Å². The zero-order valence-corrected chi connectivity index (χ0v) is 8.97. The molecule has 1 rings (SSSR count). The van der Waals surface area contributed by atoms with Crippen molar-refractivity contribution in [1.82, 2.24) is 5.32 Å². The molecule has 0 aliphatic rings. The first-order valence-corrected chi connectivity index (χ1v) is 5.03. The van der Waals surface area contributed by atoms with Crippen LogP contribution in [0.2, 0.25) is 0 Å². The third-order valence-corrected chi connectivity index (χ3v) is 2.22. The molecule has 1 aromatic carbocycles. The number of rotatable bonds is 4. The van der Waals surface area contributed by atoms with Gasteiger partial charge in [-0.1, -0.05) is 0 Å². The molecule has 0 saturated carbocycles. The molecule has 0 bridgehead atoms. The van der Waals surface area contributed by atoms with Gasteiger partial charge in [-0.05, 0) is 18.2 Å². The molecule has 0 saturated heterocycles. The van der Waals surface area contributed by atoms with E-state index in [-0.39, 0.29) is 11.4 Å². The van der Waals surface area contributed by atoms with E-state index in [4.69, 9.17) is 16.7 Å². The van der Waals surface area contributed by atoms with Crippen molar-refractivity contribution >= 4 is 17.5 Å². The van der Waals surface area contributed by atoms with Crippen molar-refractivity contribution in [2.45, 2.75) is 6.04 Å². The molecule has 1 amide bonds. The largest absolute Gasteiger partial charge is 0.394 e. The van der Waals surface area contributed by atoms with Gasteiger partial charge in [0, 0.05) is 5.56 Å². The number of carbonyl (C=O) groups is 1. The minimum atomic E-state index is -0.998.